The van der Waals surface area contributed by atoms with Crippen molar-refractivity contribution in [3.8, 4) is 0 Å². The van der Waals surface area contributed by atoms with Crippen molar-refractivity contribution in [1.29, 1.82) is 0 Å². The predicted molar refractivity (Wildman–Crippen MR) is 59.2 cm³/mol. The Balaban J connectivity index is 1.86. The molecule has 2 fully saturated rings. The minimum absolute atomic E-state index is 0.0149. The number of amides is 2. The Morgan fingerprint density at radius 1 is 1.56 bits per heavy atom. The molecule has 0 radical (unpaired) electrons. The molecule has 1 saturated carbocycles. The zero-order valence-corrected chi connectivity index (χ0v) is 9.69. The maximum atomic E-state index is 12.0. The summed E-state index contributed by atoms with van der Waals surface area (Å²) in [7, 11) is 0. The summed E-state index contributed by atoms with van der Waals surface area (Å²) >= 11 is 0. The molecule has 2 rings (SSSR count). The maximum Gasteiger partial charge on any atom is 0.318 e. The van der Waals surface area contributed by atoms with Crippen molar-refractivity contribution in [2.45, 2.75) is 44.4 Å². The monoisotopic (exact) mass is 228 g/mol. The van der Waals surface area contributed by atoms with Gasteiger partial charge < -0.3 is 20.1 Å². The van der Waals surface area contributed by atoms with Crippen LogP contribution in [-0.4, -0.2) is 54.0 Å². The van der Waals surface area contributed by atoms with E-state index in [1.165, 1.54) is 6.42 Å². The Kier molecular flexibility index (Phi) is 3.66. The van der Waals surface area contributed by atoms with Crippen LogP contribution < -0.4 is 5.32 Å². The van der Waals surface area contributed by atoms with Gasteiger partial charge in [0, 0.05) is 6.04 Å². The fourth-order valence-corrected chi connectivity index (χ4v) is 2.02. The summed E-state index contributed by atoms with van der Waals surface area (Å²) < 4.78 is 5.39. The average Bonchev–Trinajstić information content (AvgIpc) is 2.24. The lowest BCUT2D eigenvalue weighted by molar-refractivity contribution is -0.0632. The molecule has 16 heavy (non-hydrogen) atoms. The largest absolute Gasteiger partial charge is 0.394 e. The van der Waals surface area contributed by atoms with Crippen LogP contribution in [0.1, 0.15) is 26.2 Å². The first kappa shape index (κ1) is 11.7. The summed E-state index contributed by atoms with van der Waals surface area (Å²) in [5.74, 6) is 0. The highest BCUT2D eigenvalue weighted by Crippen LogP contribution is 2.19. The van der Waals surface area contributed by atoms with Crippen LogP contribution in [0.25, 0.3) is 0 Å². The van der Waals surface area contributed by atoms with Crippen molar-refractivity contribution < 1.29 is 14.6 Å². The zero-order valence-electron chi connectivity index (χ0n) is 9.69. The lowest BCUT2D eigenvalue weighted by Crippen LogP contribution is -2.57. The van der Waals surface area contributed by atoms with Gasteiger partial charge in [0.2, 0.25) is 0 Å². The number of carbonyl (C=O) groups is 1. The standard InChI is InChI=1S/C11H20N2O3/c1-8-7-16-10(6-14)5-13(8)11(15)12-9-3-2-4-9/h8-10,14H,2-7H2,1H3,(H,12,15). The molecule has 1 saturated heterocycles. The quantitative estimate of drug-likeness (QED) is 0.716. The van der Waals surface area contributed by atoms with Gasteiger partial charge in [-0.15, -0.1) is 0 Å². The van der Waals surface area contributed by atoms with Crippen LogP contribution in [0.15, 0.2) is 0 Å². The third-order valence-corrected chi connectivity index (χ3v) is 3.40. The molecule has 5 nitrogen and oxygen atoms in total. The SMILES string of the molecule is CC1COC(CO)CN1C(=O)NC1CCC1. The molecule has 1 aliphatic heterocycles. The first-order chi connectivity index (χ1) is 7.70. The molecule has 0 aromatic carbocycles. The van der Waals surface area contributed by atoms with Crippen LogP contribution in [0.2, 0.25) is 0 Å². The van der Waals surface area contributed by atoms with E-state index in [2.05, 4.69) is 5.32 Å². The molecule has 2 N–H and O–H groups in total. The summed E-state index contributed by atoms with van der Waals surface area (Å²) in [6.45, 7) is 2.92. The van der Waals surface area contributed by atoms with E-state index in [1.54, 1.807) is 4.90 Å². The van der Waals surface area contributed by atoms with Gasteiger partial charge in [-0.1, -0.05) is 0 Å². The minimum Gasteiger partial charge on any atom is -0.394 e. The number of nitrogens with one attached hydrogen (secondary N) is 1. The van der Waals surface area contributed by atoms with Crippen molar-refractivity contribution in [2.24, 2.45) is 0 Å². The first-order valence-corrected chi connectivity index (χ1v) is 6.00. The molecular formula is C11H20N2O3. The molecule has 2 atom stereocenters. The number of nitrogens with zero attached hydrogens (tertiary/aromatic N) is 1. The Morgan fingerprint density at radius 2 is 2.31 bits per heavy atom. The normalized spacial score (nSPS) is 31.0. The van der Waals surface area contributed by atoms with E-state index < -0.39 is 0 Å². The van der Waals surface area contributed by atoms with Crippen LogP contribution in [0.4, 0.5) is 4.79 Å². The first-order valence-electron chi connectivity index (χ1n) is 6.00. The fraction of sp³-hybridized carbons (Fsp3) is 0.909. The second-order valence-electron chi connectivity index (χ2n) is 4.72. The van der Waals surface area contributed by atoms with Gasteiger partial charge in [-0.25, -0.2) is 4.79 Å². The van der Waals surface area contributed by atoms with Gasteiger partial charge in [0.05, 0.1) is 31.9 Å². The van der Waals surface area contributed by atoms with E-state index in [4.69, 9.17) is 9.84 Å². The number of rotatable bonds is 2. The molecular weight excluding hydrogens is 208 g/mol. The van der Waals surface area contributed by atoms with Crippen LogP contribution in [-0.2, 0) is 4.74 Å². The summed E-state index contributed by atoms with van der Waals surface area (Å²) in [5, 5.41) is 12.0. The van der Waals surface area contributed by atoms with Crippen LogP contribution >= 0.6 is 0 Å². The number of hydrogen-bond donors (Lipinski definition) is 2. The summed E-state index contributed by atoms with van der Waals surface area (Å²) in [6, 6.07) is 0.428. The lowest BCUT2D eigenvalue weighted by atomic mass is 9.93. The second-order valence-corrected chi connectivity index (χ2v) is 4.72. The molecule has 2 aliphatic rings. The van der Waals surface area contributed by atoms with Crippen molar-refractivity contribution in [3.05, 3.63) is 0 Å². The molecule has 0 spiro atoms. The number of aliphatic hydroxyl groups is 1. The summed E-state index contributed by atoms with van der Waals surface area (Å²) in [4.78, 5) is 13.7. The zero-order chi connectivity index (χ0) is 11.5. The highest BCUT2D eigenvalue weighted by Gasteiger charge is 2.31. The van der Waals surface area contributed by atoms with Gasteiger partial charge in [0.15, 0.2) is 0 Å². The highest BCUT2D eigenvalue weighted by atomic mass is 16.5. The number of hydrogen-bond acceptors (Lipinski definition) is 3. The average molecular weight is 228 g/mol. The van der Waals surface area contributed by atoms with Crippen LogP contribution in [0, 0.1) is 0 Å². The Labute approximate surface area is 95.8 Å². The maximum absolute atomic E-state index is 12.0. The number of aliphatic hydroxyl groups excluding tert-OH is 1. The predicted octanol–water partition coefficient (Wildman–Crippen LogP) is 0.330. The smallest absolute Gasteiger partial charge is 0.318 e. The van der Waals surface area contributed by atoms with Crippen molar-refractivity contribution >= 4 is 6.03 Å². The van der Waals surface area contributed by atoms with Crippen LogP contribution in [0.5, 0.6) is 0 Å². The number of ether oxygens (including phenoxy) is 1. The van der Waals surface area contributed by atoms with Gasteiger partial charge in [-0.05, 0) is 26.2 Å². The lowest BCUT2D eigenvalue weighted by Gasteiger charge is -2.39. The van der Waals surface area contributed by atoms with E-state index in [0.29, 0.717) is 19.2 Å². The van der Waals surface area contributed by atoms with Crippen LogP contribution in [0.3, 0.4) is 0 Å². The third-order valence-electron chi connectivity index (χ3n) is 3.40. The van der Waals surface area contributed by atoms with E-state index in [9.17, 15) is 4.79 Å². The molecule has 0 bridgehead atoms. The van der Waals surface area contributed by atoms with Crippen molar-refractivity contribution in [2.75, 3.05) is 19.8 Å². The van der Waals surface area contributed by atoms with Gasteiger partial charge in [-0.2, -0.15) is 0 Å². The molecule has 5 heteroatoms. The van der Waals surface area contributed by atoms with Crippen molar-refractivity contribution in [3.63, 3.8) is 0 Å². The Bertz CT molecular complexity index is 256. The van der Waals surface area contributed by atoms with E-state index in [1.807, 2.05) is 6.92 Å². The number of carbonyl (C=O) groups excluding carboxylic acids is 1. The fourth-order valence-electron chi connectivity index (χ4n) is 2.02. The van der Waals surface area contributed by atoms with Gasteiger partial charge >= 0.3 is 6.03 Å². The van der Waals surface area contributed by atoms with Gasteiger partial charge in [0.1, 0.15) is 0 Å². The Morgan fingerprint density at radius 3 is 2.88 bits per heavy atom. The van der Waals surface area contributed by atoms with E-state index in [-0.39, 0.29) is 24.8 Å². The highest BCUT2D eigenvalue weighted by molar-refractivity contribution is 5.75. The molecule has 92 valence electrons. The number of urea groups is 1. The second kappa shape index (κ2) is 5.01. The van der Waals surface area contributed by atoms with E-state index >= 15 is 0 Å². The van der Waals surface area contributed by atoms with Gasteiger partial charge in [-0.3, -0.25) is 0 Å². The van der Waals surface area contributed by atoms with E-state index in [0.717, 1.165) is 12.8 Å². The topological polar surface area (TPSA) is 61.8 Å². The van der Waals surface area contributed by atoms with Gasteiger partial charge in [0.25, 0.3) is 0 Å². The molecule has 2 unspecified atom stereocenters. The molecule has 0 aromatic rings. The Hall–Kier alpha value is -0.810. The summed E-state index contributed by atoms with van der Waals surface area (Å²) in [6.07, 6.45) is 3.16. The molecule has 0 aromatic heterocycles. The molecule has 2 amide bonds. The third kappa shape index (κ3) is 2.47. The number of morpholine rings is 1. The minimum atomic E-state index is -0.233. The van der Waals surface area contributed by atoms with Crippen molar-refractivity contribution in [1.82, 2.24) is 10.2 Å². The molecule has 1 heterocycles. The molecule has 1 aliphatic carbocycles. The summed E-state index contributed by atoms with van der Waals surface area (Å²) in [5.41, 5.74) is 0.